The van der Waals surface area contributed by atoms with Crippen LogP contribution >= 0.6 is 23.5 Å². The summed E-state index contributed by atoms with van der Waals surface area (Å²) in [5, 5.41) is 9.28. The lowest BCUT2D eigenvalue weighted by Gasteiger charge is -2.37. The predicted molar refractivity (Wildman–Crippen MR) is 120 cm³/mol. The summed E-state index contributed by atoms with van der Waals surface area (Å²) in [4.78, 5) is 13.9. The van der Waals surface area contributed by atoms with Crippen LogP contribution in [-0.4, -0.2) is 57.5 Å². The number of nitrogens with zero attached hydrogens (tertiary/aromatic N) is 1. The minimum Gasteiger partial charge on any atom is -0.444 e. The summed E-state index contributed by atoms with van der Waals surface area (Å²) in [5.41, 5.74) is -0.441. The molecule has 0 aromatic rings. The monoisotopic (exact) mass is 419 g/mol. The lowest BCUT2D eigenvalue weighted by molar-refractivity contribution is 0.0296. The zero-order valence-electron chi connectivity index (χ0n) is 18.3. The van der Waals surface area contributed by atoms with Gasteiger partial charge in [-0.2, -0.15) is 0 Å². The third kappa shape index (κ3) is 10.3. The van der Waals surface area contributed by atoms with Crippen LogP contribution in [0.4, 0.5) is 4.79 Å². The second-order valence-electron chi connectivity index (χ2n) is 9.13. The molecule has 1 rings (SSSR count). The number of hydrogen-bond acceptors (Lipinski definition) is 5. The molecular weight excluding hydrogens is 378 g/mol. The van der Waals surface area contributed by atoms with E-state index in [0.717, 1.165) is 25.8 Å². The molecule has 0 radical (unpaired) electrons. The first-order chi connectivity index (χ1) is 12.6. The summed E-state index contributed by atoms with van der Waals surface area (Å²) in [5.74, 6) is 3.54. The molecule has 160 valence electrons. The maximum Gasteiger partial charge on any atom is 0.410 e. The van der Waals surface area contributed by atoms with E-state index in [1.54, 1.807) is 4.90 Å². The number of aliphatic hydroxyl groups excluding tert-OH is 1. The predicted octanol–water partition coefficient (Wildman–Crippen LogP) is 5.63. The number of carbonyl (C=O) groups is 1. The summed E-state index contributed by atoms with van der Waals surface area (Å²) in [6.07, 6.45) is 6.75. The lowest BCUT2D eigenvalue weighted by Crippen LogP contribution is -2.35. The minimum absolute atomic E-state index is 0.230. The van der Waals surface area contributed by atoms with Gasteiger partial charge in [0.15, 0.2) is 0 Å². The Morgan fingerprint density at radius 2 is 1.81 bits per heavy atom. The minimum atomic E-state index is -0.441. The van der Waals surface area contributed by atoms with Crippen LogP contribution in [-0.2, 0) is 4.74 Å². The molecule has 6 heteroatoms. The normalized spacial score (nSPS) is 19.4. The van der Waals surface area contributed by atoms with E-state index in [9.17, 15) is 9.90 Å². The van der Waals surface area contributed by atoms with Gasteiger partial charge in [0.05, 0.1) is 4.08 Å². The van der Waals surface area contributed by atoms with Crippen molar-refractivity contribution < 1.29 is 14.6 Å². The van der Waals surface area contributed by atoms with Crippen molar-refractivity contribution in [3.05, 3.63) is 0 Å². The van der Waals surface area contributed by atoms with E-state index in [4.69, 9.17) is 4.74 Å². The highest BCUT2D eigenvalue weighted by atomic mass is 32.2. The summed E-state index contributed by atoms with van der Waals surface area (Å²) in [7, 11) is 1.83. The molecule has 0 saturated carbocycles. The Morgan fingerprint density at radius 1 is 1.19 bits per heavy atom. The Hall–Kier alpha value is -0.0700. The van der Waals surface area contributed by atoms with Gasteiger partial charge in [-0.05, 0) is 82.6 Å². The van der Waals surface area contributed by atoms with Gasteiger partial charge in [-0.15, -0.1) is 23.5 Å². The van der Waals surface area contributed by atoms with Gasteiger partial charge in [-0.3, -0.25) is 0 Å². The average molecular weight is 420 g/mol. The number of hydrogen-bond donors (Lipinski definition) is 1. The fourth-order valence-corrected chi connectivity index (χ4v) is 6.83. The van der Waals surface area contributed by atoms with E-state index in [0.29, 0.717) is 15.9 Å². The van der Waals surface area contributed by atoms with E-state index < -0.39 is 5.60 Å². The molecule has 1 heterocycles. The third-order valence-corrected chi connectivity index (χ3v) is 8.47. The molecule has 0 aromatic carbocycles. The van der Waals surface area contributed by atoms with Crippen LogP contribution in [0.2, 0.25) is 0 Å². The van der Waals surface area contributed by atoms with Crippen molar-refractivity contribution in [2.75, 3.05) is 31.7 Å². The highest BCUT2D eigenvalue weighted by molar-refractivity contribution is 8.18. The SMILES string of the molecule is CC(CO)CC(C)CCC1(CCCN(C)C(=O)OC(C)(C)C)SCCCS1. The first-order valence-corrected chi connectivity index (χ1v) is 12.4. The molecule has 27 heavy (non-hydrogen) atoms. The first kappa shape index (κ1) is 25.0. The van der Waals surface area contributed by atoms with Crippen molar-refractivity contribution >= 4 is 29.6 Å². The molecule has 1 aliphatic rings. The van der Waals surface area contributed by atoms with Crippen molar-refractivity contribution in [1.29, 1.82) is 0 Å². The Kier molecular flexibility index (Phi) is 10.9. The van der Waals surface area contributed by atoms with Crippen molar-refractivity contribution in [1.82, 2.24) is 4.90 Å². The summed E-state index contributed by atoms with van der Waals surface area (Å²) >= 11 is 4.25. The van der Waals surface area contributed by atoms with E-state index in [2.05, 4.69) is 37.4 Å². The van der Waals surface area contributed by atoms with Gasteiger partial charge in [0.2, 0.25) is 0 Å². The van der Waals surface area contributed by atoms with Crippen LogP contribution < -0.4 is 0 Å². The van der Waals surface area contributed by atoms with Crippen molar-refractivity contribution in [3.63, 3.8) is 0 Å². The maximum atomic E-state index is 12.1. The van der Waals surface area contributed by atoms with E-state index in [-0.39, 0.29) is 12.7 Å². The lowest BCUT2D eigenvalue weighted by atomic mass is 9.92. The number of thioether (sulfide) groups is 2. The topological polar surface area (TPSA) is 49.8 Å². The summed E-state index contributed by atoms with van der Waals surface area (Å²) < 4.78 is 5.75. The molecule has 0 aromatic heterocycles. The Bertz CT molecular complexity index is 434. The van der Waals surface area contributed by atoms with Crippen molar-refractivity contribution in [2.45, 2.75) is 82.8 Å². The van der Waals surface area contributed by atoms with Gasteiger partial charge in [0, 0.05) is 20.2 Å². The average Bonchev–Trinajstić information content (AvgIpc) is 2.59. The fourth-order valence-electron chi connectivity index (χ4n) is 3.39. The molecule has 1 fully saturated rings. The fraction of sp³-hybridized carbons (Fsp3) is 0.952. The molecule has 1 aliphatic heterocycles. The van der Waals surface area contributed by atoms with E-state index in [1.165, 1.54) is 30.8 Å². The molecule has 1 amide bonds. The van der Waals surface area contributed by atoms with Crippen LogP contribution in [0.1, 0.15) is 73.1 Å². The second-order valence-corrected chi connectivity index (χ2v) is 12.3. The molecule has 0 aliphatic carbocycles. The molecule has 2 atom stereocenters. The zero-order chi connectivity index (χ0) is 20.5. The van der Waals surface area contributed by atoms with Gasteiger partial charge in [0.1, 0.15) is 5.60 Å². The van der Waals surface area contributed by atoms with Crippen LogP contribution in [0, 0.1) is 11.8 Å². The standard InChI is InChI=1S/C21H41NO3S2/c1-17(15-18(2)16-23)9-11-21(26-13-8-14-27-21)10-7-12-22(6)19(24)25-20(3,4)5/h17-18,23H,7-16H2,1-6H3. The Labute approximate surface area is 175 Å². The summed E-state index contributed by atoms with van der Waals surface area (Å²) in [6, 6.07) is 0. The molecule has 0 spiro atoms. The number of carbonyl (C=O) groups excluding carboxylic acids is 1. The van der Waals surface area contributed by atoms with Gasteiger partial charge in [-0.1, -0.05) is 13.8 Å². The van der Waals surface area contributed by atoms with Crippen molar-refractivity contribution in [2.24, 2.45) is 11.8 Å². The van der Waals surface area contributed by atoms with Crippen molar-refractivity contribution in [3.8, 4) is 0 Å². The van der Waals surface area contributed by atoms with Crippen LogP contribution in [0.3, 0.4) is 0 Å². The largest absolute Gasteiger partial charge is 0.444 e. The summed E-state index contributed by atoms with van der Waals surface area (Å²) in [6.45, 7) is 11.2. The number of ether oxygens (including phenoxy) is 1. The Morgan fingerprint density at radius 3 is 2.37 bits per heavy atom. The second kappa shape index (κ2) is 11.8. The number of aliphatic hydroxyl groups is 1. The van der Waals surface area contributed by atoms with E-state index >= 15 is 0 Å². The van der Waals surface area contributed by atoms with Gasteiger partial charge >= 0.3 is 6.09 Å². The third-order valence-electron chi connectivity index (χ3n) is 4.91. The molecule has 0 bridgehead atoms. The highest BCUT2D eigenvalue weighted by Crippen LogP contribution is 2.49. The maximum absolute atomic E-state index is 12.1. The van der Waals surface area contributed by atoms with Gasteiger partial charge in [0.25, 0.3) is 0 Å². The van der Waals surface area contributed by atoms with Crippen LogP contribution in [0.25, 0.3) is 0 Å². The molecule has 2 unspecified atom stereocenters. The molecule has 1 saturated heterocycles. The Balaban J connectivity index is 2.48. The van der Waals surface area contributed by atoms with Gasteiger partial charge in [-0.25, -0.2) is 4.79 Å². The van der Waals surface area contributed by atoms with Crippen LogP contribution in [0.5, 0.6) is 0 Å². The van der Waals surface area contributed by atoms with Gasteiger partial charge < -0.3 is 14.7 Å². The number of amides is 1. The molecule has 1 N–H and O–H groups in total. The highest BCUT2D eigenvalue weighted by Gasteiger charge is 2.33. The van der Waals surface area contributed by atoms with E-state index in [1.807, 2.05) is 27.8 Å². The number of rotatable bonds is 10. The molecular formula is C21H41NO3S2. The molecule has 4 nitrogen and oxygen atoms in total. The zero-order valence-corrected chi connectivity index (χ0v) is 19.9. The van der Waals surface area contributed by atoms with Crippen LogP contribution in [0.15, 0.2) is 0 Å². The smallest absolute Gasteiger partial charge is 0.410 e. The quantitative estimate of drug-likeness (QED) is 0.497. The first-order valence-electron chi connectivity index (χ1n) is 10.4.